The van der Waals surface area contributed by atoms with E-state index in [1.807, 2.05) is 0 Å². The van der Waals surface area contributed by atoms with Crippen molar-refractivity contribution in [2.45, 2.75) is 18.6 Å². The average Bonchev–Trinajstić information content (AvgIpc) is 2.39. The highest BCUT2D eigenvalue weighted by molar-refractivity contribution is 5.85. The lowest BCUT2D eigenvalue weighted by molar-refractivity contribution is -0.253. The third-order valence-corrected chi connectivity index (χ3v) is 2.69. The van der Waals surface area contributed by atoms with E-state index in [0.29, 0.717) is 25.3 Å². The van der Waals surface area contributed by atoms with E-state index in [0.717, 1.165) is 0 Å². The number of alkyl halides is 4. The van der Waals surface area contributed by atoms with Crippen LogP contribution in [0.2, 0.25) is 0 Å². The number of nitrogens with one attached hydrogen (secondary N) is 1. The molecule has 0 amide bonds. The molecule has 1 heterocycles. The summed E-state index contributed by atoms with van der Waals surface area (Å²) in [5.41, 5.74) is 0.655. The number of hydrogen-bond acceptors (Lipinski definition) is 3. The lowest BCUT2D eigenvalue weighted by Crippen LogP contribution is -2.35. The van der Waals surface area contributed by atoms with Crippen LogP contribution >= 0.6 is 12.4 Å². The SMILES string of the molecule is Cl.FC(F)C(F)(F)Oc1cccc([C@@H]2COCCN2)c1. The summed E-state index contributed by atoms with van der Waals surface area (Å²) in [4.78, 5) is 0. The Morgan fingerprint density at radius 3 is 2.70 bits per heavy atom. The number of ether oxygens (including phenoxy) is 2. The Bertz CT molecular complexity index is 428. The molecule has 2 rings (SSSR count). The average molecular weight is 316 g/mol. The van der Waals surface area contributed by atoms with Crippen molar-refractivity contribution in [1.82, 2.24) is 5.32 Å². The first-order valence-electron chi connectivity index (χ1n) is 5.75. The van der Waals surface area contributed by atoms with E-state index in [2.05, 4.69) is 10.1 Å². The molecule has 0 unspecified atom stereocenters. The van der Waals surface area contributed by atoms with Gasteiger partial charge in [-0.05, 0) is 17.7 Å². The molecule has 1 aromatic rings. The summed E-state index contributed by atoms with van der Waals surface area (Å²) in [6, 6.07) is 5.53. The van der Waals surface area contributed by atoms with Crippen LogP contribution in [0.25, 0.3) is 0 Å². The van der Waals surface area contributed by atoms with Gasteiger partial charge in [-0.15, -0.1) is 12.4 Å². The summed E-state index contributed by atoms with van der Waals surface area (Å²) in [6.45, 7) is 1.62. The van der Waals surface area contributed by atoms with Crippen molar-refractivity contribution in [3.63, 3.8) is 0 Å². The molecule has 0 spiro atoms. The van der Waals surface area contributed by atoms with Crippen molar-refractivity contribution < 1.29 is 27.0 Å². The summed E-state index contributed by atoms with van der Waals surface area (Å²) >= 11 is 0. The van der Waals surface area contributed by atoms with E-state index in [-0.39, 0.29) is 24.2 Å². The minimum absolute atomic E-state index is 0. The topological polar surface area (TPSA) is 30.5 Å². The maximum atomic E-state index is 12.8. The zero-order chi connectivity index (χ0) is 13.9. The molecule has 1 fully saturated rings. The van der Waals surface area contributed by atoms with Gasteiger partial charge in [0.25, 0.3) is 0 Å². The smallest absolute Gasteiger partial charge is 0.428 e. The van der Waals surface area contributed by atoms with Crippen LogP contribution in [-0.2, 0) is 4.74 Å². The summed E-state index contributed by atoms with van der Waals surface area (Å²) in [6.07, 6.45) is -8.36. The molecule has 0 aromatic heterocycles. The molecule has 8 heteroatoms. The number of hydrogen-bond donors (Lipinski definition) is 1. The van der Waals surface area contributed by atoms with Crippen LogP contribution in [0.1, 0.15) is 11.6 Å². The van der Waals surface area contributed by atoms with Crippen molar-refractivity contribution in [2.75, 3.05) is 19.8 Å². The van der Waals surface area contributed by atoms with Gasteiger partial charge in [0.1, 0.15) is 5.75 Å². The zero-order valence-corrected chi connectivity index (χ0v) is 11.1. The molecule has 114 valence electrons. The molecule has 3 nitrogen and oxygen atoms in total. The van der Waals surface area contributed by atoms with E-state index in [9.17, 15) is 17.6 Å². The minimum atomic E-state index is -4.49. The predicted octanol–water partition coefficient (Wildman–Crippen LogP) is 3.01. The van der Waals surface area contributed by atoms with Crippen molar-refractivity contribution in [1.29, 1.82) is 0 Å². The number of halogens is 5. The van der Waals surface area contributed by atoms with Gasteiger partial charge in [0, 0.05) is 6.54 Å². The van der Waals surface area contributed by atoms with Gasteiger partial charge in [-0.2, -0.15) is 17.6 Å². The van der Waals surface area contributed by atoms with Gasteiger partial charge in [-0.3, -0.25) is 0 Å². The van der Waals surface area contributed by atoms with Gasteiger partial charge < -0.3 is 14.8 Å². The summed E-state index contributed by atoms with van der Waals surface area (Å²) in [5, 5.41) is 3.13. The Morgan fingerprint density at radius 1 is 1.35 bits per heavy atom. The second kappa shape index (κ2) is 7.10. The second-order valence-corrected chi connectivity index (χ2v) is 4.12. The van der Waals surface area contributed by atoms with Crippen LogP contribution < -0.4 is 10.1 Å². The molecule has 0 radical (unpaired) electrons. The Kier molecular flexibility index (Phi) is 6.04. The molecule has 1 saturated heterocycles. The zero-order valence-electron chi connectivity index (χ0n) is 10.3. The first kappa shape index (κ1) is 17.0. The monoisotopic (exact) mass is 315 g/mol. The van der Waals surface area contributed by atoms with Crippen molar-refractivity contribution >= 4 is 12.4 Å². The van der Waals surface area contributed by atoms with Gasteiger partial charge in [-0.25, -0.2) is 0 Å². The molecule has 1 N–H and O–H groups in total. The van der Waals surface area contributed by atoms with Gasteiger partial charge >= 0.3 is 12.5 Å². The van der Waals surface area contributed by atoms with Gasteiger partial charge in [-0.1, -0.05) is 12.1 Å². The fourth-order valence-electron chi connectivity index (χ4n) is 1.78. The van der Waals surface area contributed by atoms with Crippen LogP contribution in [-0.4, -0.2) is 32.3 Å². The summed E-state index contributed by atoms with van der Waals surface area (Å²) in [5.74, 6) is -0.296. The Morgan fingerprint density at radius 2 is 2.10 bits per heavy atom. The number of benzene rings is 1. The normalized spacial score (nSPS) is 19.6. The number of rotatable bonds is 4. The fourth-order valence-corrected chi connectivity index (χ4v) is 1.78. The van der Waals surface area contributed by atoms with E-state index in [1.54, 1.807) is 6.07 Å². The predicted molar refractivity (Wildman–Crippen MR) is 66.8 cm³/mol. The largest absolute Gasteiger partial charge is 0.461 e. The van der Waals surface area contributed by atoms with Crippen LogP contribution in [0.4, 0.5) is 17.6 Å². The van der Waals surface area contributed by atoms with Crippen LogP contribution in [0.5, 0.6) is 5.75 Å². The van der Waals surface area contributed by atoms with E-state index < -0.39 is 12.5 Å². The van der Waals surface area contributed by atoms with Gasteiger partial charge in [0.2, 0.25) is 0 Å². The molecule has 1 atom stereocenters. The van der Waals surface area contributed by atoms with E-state index in [1.165, 1.54) is 18.2 Å². The third kappa shape index (κ3) is 4.22. The molecule has 1 aromatic carbocycles. The van der Waals surface area contributed by atoms with E-state index >= 15 is 0 Å². The van der Waals surface area contributed by atoms with Crippen LogP contribution in [0.3, 0.4) is 0 Å². The number of morpholine rings is 1. The van der Waals surface area contributed by atoms with E-state index in [4.69, 9.17) is 4.74 Å². The fraction of sp³-hybridized carbons (Fsp3) is 0.500. The molecule has 0 aliphatic carbocycles. The lowest BCUT2D eigenvalue weighted by atomic mass is 10.1. The Labute approximate surface area is 119 Å². The molecule has 0 bridgehead atoms. The third-order valence-electron chi connectivity index (χ3n) is 2.69. The highest BCUT2D eigenvalue weighted by atomic mass is 35.5. The molecular formula is C12H14ClF4NO2. The molecule has 1 aliphatic rings. The Hall–Kier alpha value is -1.05. The highest BCUT2D eigenvalue weighted by Crippen LogP contribution is 2.29. The van der Waals surface area contributed by atoms with Crippen molar-refractivity contribution in [2.24, 2.45) is 0 Å². The van der Waals surface area contributed by atoms with Crippen molar-refractivity contribution in [3.05, 3.63) is 29.8 Å². The first-order chi connectivity index (χ1) is 8.99. The second-order valence-electron chi connectivity index (χ2n) is 4.12. The van der Waals surface area contributed by atoms with Crippen LogP contribution in [0.15, 0.2) is 24.3 Å². The van der Waals surface area contributed by atoms with Gasteiger partial charge in [0.05, 0.1) is 19.3 Å². The minimum Gasteiger partial charge on any atom is -0.428 e. The van der Waals surface area contributed by atoms with Gasteiger partial charge in [0.15, 0.2) is 0 Å². The molecular weight excluding hydrogens is 302 g/mol. The maximum absolute atomic E-state index is 12.8. The van der Waals surface area contributed by atoms with Crippen LogP contribution in [0, 0.1) is 0 Å². The highest BCUT2D eigenvalue weighted by Gasteiger charge is 2.44. The standard InChI is InChI=1S/C12H13F4NO2.ClH/c13-11(14)12(15,16)19-9-3-1-2-8(6-9)10-7-18-5-4-17-10;/h1-3,6,10-11,17H,4-5,7H2;1H/t10-;/m0./s1. The molecule has 20 heavy (non-hydrogen) atoms. The first-order valence-corrected chi connectivity index (χ1v) is 5.75. The summed E-state index contributed by atoms with van der Waals surface area (Å²) in [7, 11) is 0. The van der Waals surface area contributed by atoms with Crippen molar-refractivity contribution in [3.8, 4) is 5.75 Å². The molecule has 0 saturated carbocycles. The summed E-state index contributed by atoms with van der Waals surface area (Å²) < 4.78 is 59.0. The lowest BCUT2D eigenvalue weighted by Gasteiger charge is -2.25. The maximum Gasteiger partial charge on any atom is 0.461 e. The quantitative estimate of drug-likeness (QED) is 0.867. The Balaban J connectivity index is 0.00000200. The molecule has 1 aliphatic heterocycles.